The summed E-state index contributed by atoms with van der Waals surface area (Å²) in [5.74, 6) is 1.45. The topological polar surface area (TPSA) is 100 Å². The van der Waals surface area contributed by atoms with Crippen molar-refractivity contribution in [1.29, 1.82) is 0 Å². The molecule has 176 valence electrons. The molecule has 0 saturated carbocycles. The van der Waals surface area contributed by atoms with Gasteiger partial charge in [-0.2, -0.15) is 4.31 Å². The van der Waals surface area contributed by atoms with Crippen LogP contribution in [0.4, 0.5) is 10.8 Å². The lowest BCUT2D eigenvalue weighted by Gasteiger charge is -2.25. The number of aromatic amines is 1. The minimum Gasteiger partial charge on any atom is -0.496 e. The number of sulfonamides is 1. The lowest BCUT2D eigenvalue weighted by Crippen LogP contribution is -2.36. The molecule has 8 nitrogen and oxygen atoms in total. The summed E-state index contributed by atoms with van der Waals surface area (Å²) in [6, 6.07) is 15.1. The van der Waals surface area contributed by atoms with Gasteiger partial charge in [0.25, 0.3) is 0 Å². The van der Waals surface area contributed by atoms with Crippen molar-refractivity contribution < 1.29 is 13.2 Å². The number of anilines is 2. The molecule has 2 N–H and O–H groups in total. The Labute approximate surface area is 202 Å². The second-order valence-electron chi connectivity index (χ2n) is 8.14. The summed E-state index contributed by atoms with van der Waals surface area (Å²) in [6.45, 7) is 2.72. The average molecular weight is 496 g/mol. The highest BCUT2D eigenvalue weighted by atomic mass is 32.2. The SMILES string of the molecule is COc1cc(Nc2nc3c(s2)CN(S(=O)(=O)Cc2ccccc2)CC3)ccc1-c1nc(C)c[nH]1. The molecular weight excluding hydrogens is 470 g/mol. The number of aromatic nitrogens is 3. The molecule has 1 aliphatic rings. The Balaban J connectivity index is 1.31. The smallest absolute Gasteiger partial charge is 0.218 e. The van der Waals surface area contributed by atoms with Crippen molar-refractivity contribution in [3.8, 4) is 17.1 Å². The molecule has 2 aromatic carbocycles. The fourth-order valence-electron chi connectivity index (χ4n) is 3.98. The van der Waals surface area contributed by atoms with Crippen LogP contribution < -0.4 is 10.1 Å². The van der Waals surface area contributed by atoms with E-state index in [4.69, 9.17) is 9.72 Å². The van der Waals surface area contributed by atoms with Gasteiger partial charge in [0, 0.05) is 42.3 Å². The Morgan fingerprint density at radius 2 is 2.00 bits per heavy atom. The van der Waals surface area contributed by atoms with Crippen LogP contribution in [0.3, 0.4) is 0 Å². The van der Waals surface area contributed by atoms with Gasteiger partial charge in [-0.15, -0.1) is 11.3 Å². The molecule has 0 amide bonds. The Hall–Kier alpha value is -3.21. The molecule has 3 heterocycles. The lowest BCUT2D eigenvalue weighted by molar-refractivity contribution is 0.392. The number of aryl methyl sites for hydroxylation is 1. The number of fused-ring (bicyclic) bond motifs is 1. The molecule has 1 aliphatic heterocycles. The molecule has 0 saturated heterocycles. The number of H-pyrrole nitrogens is 1. The van der Waals surface area contributed by atoms with Crippen LogP contribution in [0.5, 0.6) is 5.75 Å². The van der Waals surface area contributed by atoms with E-state index in [1.165, 1.54) is 11.3 Å². The Kier molecular flexibility index (Phi) is 6.11. The predicted molar refractivity (Wildman–Crippen MR) is 134 cm³/mol. The fraction of sp³-hybridized carbons (Fsp3) is 0.250. The predicted octanol–water partition coefficient (Wildman–Crippen LogP) is 4.48. The van der Waals surface area contributed by atoms with Gasteiger partial charge < -0.3 is 15.0 Å². The Morgan fingerprint density at radius 3 is 2.74 bits per heavy atom. The summed E-state index contributed by atoms with van der Waals surface area (Å²) in [4.78, 5) is 13.3. The minimum absolute atomic E-state index is 0.00835. The number of benzene rings is 2. The van der Waals surface area contributed by atoms with Crippen molar-refractivity contribution in [3.63, 3.8) is 0 Å². The lowest BCUT2D eigenvalue weighted by atomic mass is 10.1. The first kappa shape index (κ1) is 22.6. The third kappa shape index (κ3) is 4.70. The van der Waals surface area contributed by atoms with E-state index in [1.54, 1.807) is 11.4 Å². The van der Waals surface area contributed by atoms with Gasteiger partial charge in [0.1, 0.15) is 11.6 Å². The summed E-state index contributed by atoms with van der Waals surface area (Å²) in [6.07, 6.45) is 2.45. The van der Waals surface area contributed by atoms with Gasteiger partial charge >= 0.3 is 0 Å². The summed E-state index contributed by atoms with van der Waals surface area (Å²) in [7, 11) is -1.77. The number of methoxy groups -OCH3 is 1. The van der Waals surface area contributed by atoms with Gasteiger partial charge in [-0.1, -0.05) is 30.3 Å². The van der Waals surface area contributed by atoms with E-state index in [2.05, 4.69) is 15.3 Å². The number of nitrogens with zero attached hydrogens (tertiary/aromatic N) is 3. The van der Waals surface area contributed by atoms with Gasteiger partial charge in [0.2, 0.25) is 10.0 Å². The fourth-order valence-corrected chi connectivity index (χ4v) is 6.60. The van der Waals surface area contributed by atoms with E-state index in [-0.39, 0.29) is 5.75 Å². The zero-order valence-corrected chi connectivity index (χ0v) is 20.5. The molecule has 2 aromatic heterocycles. The second kappa shape index (κ2) is 9.21. The molecule has 4 aromatic rings. The molecular formula is C24H25N5O3S2. The van der Waals surface area contributed by atoms with Crippen molar-refractivity contribution >= 4 is 32.2 Å². The van der Waals surface area contributed by atoms with E-state index >= 15 is 0 Å². The molecule has 10 heteroatoms. The first-order chi connectivity index (χ1) is 16.4. The standard InChI is InChI=1S/C24H25N5O3S2/c1-16-13-25-23(26-16)19-9-8-18(12-21(19)32-2)27-24-28-20-10-11-29(14-22(20)33-24)34(30,31)15-17-6-4-3-5-7-17/h3-9,12-13H,10-11,14-15H2,1-2H3,(H,25,26)(H,27,28). The number of imidazole rings is 1. The first-order valence-electron chi connectivity index (χ1n) is 10.9. The van der Waals surface area contributed by atoms with Gasteiger partial charge in [0.15, 0.2) is 5.13 Å². The maximum atomic E-state index is 13.0. The van der Waals surface area contributed by atoms with Crippen LogP contribution in [-0.2, 0) is 28.7 Å². The zero-order chi connectivity index (χ0) is 23.7. The molecule has 0 fully saturated rings. The molecule has 0 radical (unpaired) electrons. The second-order valence-corrected chi connectivity index (χ2v) is 11.2. The summed E-state index contributed by atoms with van der Waals surface area (Å²) >= 11 is 1.49. The summed E-state index contributed by atoms with van der Waals surface area (Å²) < 4.78 is 33.1. The largest absolute Gasteiger partial charge is 0.496 e. The van der Waals surface area contributed by atoms with Crippen LogP contribution in [0.25, 0.3) is 11.4 Å². The van der Waals surface area contributed by atoms with E-state index in [9.17, 15) is 8.42 Å². The minimum atomic E-state index is -3.40. The Morgan fingerprint density at radius 1 is 1.18 bits per heavy atom. The molecule has 0 atom stereocenters. The molecule has 0 unspecified atom stereocenters. The molecule has 0 bridgehead atoms. The third-order valence-electron chi connectivity index (χ3n) is 5.70. The first-order valence-corrected chi connectivity index (χ1v) is 13.3. The average Bonchev–Trinajstić information content (AvgIpc) is 3.44. The number of hydrogen-bond acceptors (Lipinski definition) is 7. The van der Waals surface area contributed by atoms with Crippen LogP contribution in [0.15, 0.2) is 54.7 Å². The van der Waals surface area contributed by atoms with Crippen molar-refractivity contribution in [2.24, 2.45) is 0 Å². The van der Waals surface area contributed by atoms with Gasteiger partial charge in [-0.05, 0) is 24.6 Å². The van der Waals surface area contributed by atoms with Crippen molar-refractivity contribution in [1.82, 2.24) is 19.3 Å². The number of thiazole rings is 1. The van der Waals surface area contributed by atoms with Crippen molar-refractivity contribution in [2.75, 3.05) is 19.0 Å². The number of ether oxygens (including phenoxy) is 1. The van der Waals surface area contributed by atoms with Crippen LogP contribution in [0.1, 0.15) is 21.8 Å². The van der Waals surface area contributed by atoms with Gasteiger partial charge in [-0.25, -0.2) is 18.4 Å². The van der Waals surface area contributed by atoms with E-state index in [0.717, 1.165) is 44.0 Å². The highest BCUT2D eigenvalue weighted by Gasteiger charge is 2.29. The van der Waals surface area contributed by atoms with Crippen LogP contribution in [0.2, 0.25) is 0 Å². The number of nitrogens with one attached hydrogen (secondary N) is 2. The highest BCUT2D eigenvalue weighted by molar-refractivity contribution is 7.88. The van der Waals surface area contributed by atoms with Crippen molar-refractivity contribution in [2.45, 2.75) is 25.6 Å². The van der Waals surface area contributed by atoms with Gasteiger partial charge in [0.05, 0.1) is 29.8 Å². The molecule has 5 rings (SSSR count). The molecule has 0 spiro atoms. The van der Waals surface area contributed by atoms with Crippen LogP contribution in [-0.4, -0.2) is 41.3 Å². The zero-order valence-electron chi connectivity index (χ0n) is 18.9. The number of rotatable bonds is 7. The molecule has 0 aliphatic carbocycles. The summed E-state index contributed by atoms with van der Waals surface area (Å²) in [5.41, 5.74) is 4.37. The van der Waals surface area contributed by atoms with Crippen molar-refractivity contribution in [3.05, 3.63) is 76.6 Å². The quantitative estimate of drug-likeness (QED) is 0.392. The third-order valence-corrected chi connectivity index (χ3v) is 8.49. The van der Waals surface area contributed by atoms with Crippen LogP contribution >= 0.6 is 11.3 Å². The highest BCUT2D eigenvalue weighted by Crippen LogP contribution is 2.35. The molecule has 34 heavy (non-hydrogen) atoms. The van der Waals surface area contributed by atoms with Gasteiger partial charge in [-0.3, -0.25) is 0 Å². The Bertz CT molecular complexity index is 1410. The maximum Gasteiger partial charge on any atom is 0.218 e. The maximum absolute atomic E-state index is 13.0. The number of hydrogen-bond donors (Lipinski definition) is 2. The van der Waals surface area contributed by atoms with E-state index in [0.29, 0.717) is 25.3 Å². The van der Waals surface area contributed by atoms with E-state index in [1.807, 2.05) is 61.7 Å². The monoisotopic (exact) mass is 495 g/mol. The normalized spacial score (nSPS) is 14.1. The van der Waals surface area contributed by atoms with E-state index < -0.39 is 10.0 Å². The van der Waals surface area contributed by atoms with Crippen LogP contribution in [0, 0.1) is 6.92 Å². The summed E-state index contributed by atoms with van der Waals surface area (Å²) in [5, 5.41) is 4.07.